The first-order chi connectivity index (χ1) is 14.2. The molecular weight excluding hydrogens is 360 g/mol. The van der Waals surface area contributed by atoms with Crippen molar-refractivity contribution in [3.63, 3.8) is 0 Å². The second kappa shape index (κ2) is 8.97. The van der Waals surface area contributed by atoms with Crippen LogP contribution in [0.25, 0.3) is 0 Å². The monoisotopic (exact) mass is 392 g/mol. The normalized spacial score (nSPS) is 18.6. The number of nitrogens with one attached hydrogen (secondary N) is 2. The van der Waals surface area contributed by atoms with E-state index in [1.54, 1.807) is 7.11 Å². The lowest BCUT2D eigenvalue weighted by molar-refractivity contribution is 0.182. The molecule has 2 aliphatic heterocycles. The Hall–Kier alpha value is -2.37. The van der Waals surface area contributed by atoms with Crippen LogP contribution in [0.4, 0.5) is 17.1 Å². The molecule has 4 rings (SSSR count). The quantitative estimate of drug-likeness (QED) is 0.728. The maximum absolute atomic E-state index is 5.24. The minimum absolute atomic E-state index is 0.463. The summed E-state index contributed by atoms with van der Waals surface area (Å²) in [7, 11) is 1.77. The van der Waals surface area contributed by atoms with Crippen molar-refractivity contribution >= 4 is 22.9 Å². The van der Waals surface area contributed by atoms with Gasteiger partial charge < -0.3 is 20.3 Å². The van der Waals surface area contributed by atoms with E-state index < -0.39 is 0 Å². The van der Waals surface area contributed by atoms with Crippen LogP contribution >= 0.6 is 0 Å². The Morgan fingerprint density at radius 1 is 1.17 bits per heavy atom. The lowest BCUT2D eigenvalue weighted by Gasteiger charge is -2.36. The van der Waals surface area contributed by atoms with Crippen LogP contribution in [0.2, 0.25) is 0 Å². The van der Waals surface area contributed by atoms with Gasteiger partial charge in [-0.2, -0.15) is 0 Å². The van der Waals surface area contributed by atoms with E-state index in [2.05, 4.69) is 71.8 Å². The molecule has 1 saturated heterocycles. The molecule has 0 spiro atoms. The third kappa shape index (κ3) is 4.46. The number of aliphatic imine (C=N–C) groups is 1. The molecule has 1 fully saturated rings. The second-order valence-electron chi connectivity index (χ2n) is 8.27. The highest BCUT2D eigenvalue weighted by atomic mass is 16.5. The average molecular weight is 393 g/mol. The minimum atomic E-state index is 0.463. The number of nitrogens with zero attached hydrogens (tertiary/aromatic N) is 2. The number of hydrogen-bond acceptors (Lipinski definition) is 5. The number of rotatable bonds is 5. The van der Waals surface area contributed by atoms with Crippen LogP contribution in [0.5, 0.6) is 0 Å². The summed E-state index contributed by atoms with van der Waals surface area (Å²) in [4.78, 5) is 7.62. The molecule has 5 heteroatoms. The first-order valence-electron chi connectivity index (χ1n) is 10.7. The topological polar surface area (TPSA) is 48.9 Å². The first-order valence-corrected chi connectivity index (χ1v) is 10.7. The summed E-state index contributed by atoms with van der Waals surface area (Å²) < 4.78 is 5.24. The fourth-order valence-corrected chi connectivity index (χ4v) is 4.14. The van der Waals surface area contributed by atoms with Crippen molar-refractivity contribution in [2.24, 2.45) is 4.99 Å². The van der Waals surface area contributed by atoms with Crippen molar-refractivity contribution in [1.82, 2.24) is 10.2 Å². The summed E-state index contributed by atoms with van der Waals surface area (Å²) in [5.74, 6) is 1.56. The lowest BCUT2D eigenvalue weighted by atomic mass is 9.98. The zero-order valence-electron chi connectivity index (χ0n) is 17.7. The maximum atomic E-state index is 5.24. The van der Waals surface area contributed by atoms with Gasteiger partial charge in [0.05, 0.1) is 11.4 Å². The molecule has 2 aliphatic rings. The van der Waals surface area contributed by atoms with E-state index in [4.69, 9.17) is 9.73 Å². The van der Waals surface area contributed by atoms with Crippen molar-refractivity contribution in [2.45, 2.75) is 38.6 Å². The molecule has 154 valence electrons. The molecule has 2 aromatic rings. The van der Waals surface area contributed by atoms with E-state index in [0.717, 1.165) is 62.0 Å². The molecule has 0 bridgehead atoms. The largest absolute Gasteiger partial charge is 0.385 e. The average Bonchev–Trinajstić information content (AvgIpc) is 2.90. The molecule has 1 unspecified atom stereocenters. The molecule has 1 atom stereocenters. The van der Waals surface area contributed by atoms with E-state index in [9.17, 15) is 0 Å². The second-order valence-corrected chi connectivity index (χ2v) is 8.27. The summed E-state index contributed by atoms with van der Waals surface area (Å²) in [6, 6.07) is 15.5. The van der Waals surface area contributed by atoms with Gasteiger partial charge in [0.15, 0.2) is 0 Å². The highest BCUT2D eigenvalue weighted by Gasteiger charge is 2.26. The van der Waals surface area contributed by atoms with Crippen molar-refractivity contribution in [3.05, 3.63) is 53.6 Å². The molecule has 0 aromatic heterocycles. The van der Waals surface area contributed by atoms with Crippen LogP contribution in [0.3, 0.4) is 0 Å². The summed E-state index contributed by atoms with van der Waals surface area (Å²) in [6.45, 7) is 8.22. The summed E-state index contributed by atoms with van der Waals surface area (Å²) in [5.41, 5.74) is 5.74. The summed E-state index contributed by atoms with van der Waals surface area (Å²) in [5, 5.41) is 7.29. The molecular formula is C24H32N4O. The lowest BCUT2D eigenvalue weighted by Crippen LogP contribution is -2.52. The molecule has 0 amide bonds. The zero-order chi connectivity index (χ0) is 20.2. The van der Waals surface area contributed by atoms with E-state index in [1.807, 2.05) is 0 Å². The standard InChI is InChI=1S/C24H32N4O/c1-17(2)18-10-11-21-20(15-18)24(27-23-9-5-4-8-22(23)26-21)28-13-12-25-19(16-28)7-6-14-29-3/h4-5,8-11,15,17,19,25-26H,6-7,12-14,16H2,1-3H3. The van der Waals surface area contributed by atoms with Gasteiger partial charge in [-0.15, -0.1) is 0 Å². The Labute approximate surface area is 174 Å². The van der Waals surface area contributed by atoms with Gasteiger partial charge in [-0.05, 0) is 48.6 Å². The van der Waals surface area contributed by atoms with E-state index in [0.29, 0.717) is 12.0 Å². The highest BCUT2D eigenvalue weighted by Crippen LogP contribution is 2.36. The molecule has 2 N–H and O–H groups in total. The van der Waals surface area contributed by atoms with Crippen molar-refractivity contribution < 1.29 is 4.74 Å². The number of para-hydroxylation sites is 2. The number of ether oxygens (including phenoxy) is 1. The fraction of sp³-hybridized carbons (Fsp3) is 0.458. The third-order valence-electron chi connectivity index (χ3n) is 5.81. The number of anilines is 2. The van der Waals surface area contributed by atoms with Gasteiger partial charge in [-0.25, -0.2) is 4.99 Å². The van der Waals surface area contributed by atoms with Gasteiger partial charge in [0.2, 0.25) is 0 Å². The Balaban J connectivity index is 1.70. The number of fused-ring (bicyclic) bond motifs is 2. The first kappa shape index (κ1) is 19.9. The molecule has 0 saturated carbocycles. The van der Waals surface area contributed by atoms with Gasteiger partial charge in [0.25, 0.3) is 0 Å². The predicted molar refractivity (Wildman–Crippen MR) is 121 cm³/mol. The molecule has 0 radical (unpaired) electrons. The van der Waals surface area contributed by atoms with Gasteiger partial charge in [-0.3, -0.25) is 0 Å². The number of piperazine rings is 1. The summed E-state index contributed by atoms with van der Waals surface area (Å²) >= 11 is 0. The number of benzene rings is 2. The predicted octanol–water partition coefficient (Wildman–Crippen LogP) is 4.65. The van der Waals surface area contributed by atoms with Gasteiger partial charge >= 0.3 is 0 Å². The van der Waals surface area contributed by atoms with E-state index >= 15 is 0 Å². The van der Waals surface area contributed by atoms with Crippen LogP contribution < -0.4 is 10.6 Å². The Morgan fingerprint density at radius 2 is 2.03 bits per heavy atom. The highest BCUT2D eigenvalue weighted by molar-refractivity contribution is 6.08. The van der Waals surface area contributed by atoms with Gasteiger partial charge in [0, 0.05) is 50.6 Å². The fourth-order valence-electron chi connectivity index (χ4n) is 4.14. The van der Waals surface area contributed by atoms with Crippen LogP contribution in [0.1, 0.15) is 43.7 Å². The molecule has 0 aliphatic carbocycles. The van der Waals surface area contributed by atoms with E-state index in [1.165, 1.54) is 11.1 Å². The number of hydrogen-bond donors (Lipinski definition) is 2. The van der Waals surface area contributed by atoms with Crippen LogP contribution in [0.15, 0.2) is 47.5 Å². The van der Waals surface area contributed by atoms with Gasteiger partial charge in [-0.1, -0.05) is 32.0 Å². The molecule has 2 heterocycles. The van der Waals surface area contributed by atoms with Crippen molar-refractivity contribution in [3.8, 4) is 0 Å². The van der Waals surface area contributed by atoms with Crippen LogP contribution in [0, 0.1) is 0 Å². The molecule has 5 nitrogen and oxygen atoms in total. The Bertz CT molecular complexity index is 877. The molecule has 29 heavy (non-hydrogen) atoms. The zero-order valence-corrected chi connectivity index (χ0v) is 17.7. The minimum Gasteiger partial charge on any atom is -0.385 e. The van der Waals surface area contributed by atoms with E-state index in [-0.39, 0.29) is 0 Å². The Kier molecular flexibility index (Phi) is 6.16. The Morgan fingerprint density at radius 3 is 2.86 bits per heavy atom. The van der Waals surface area contributed by atoms with Crippen LogP contribution in [-0.2, 0) is 4.74 Å². The smallest absolute Gasteiger partial charge is 0.138 e. The third-order valence-corrected chi connectivity index (χ3v) is 5.81. The maximum Gasteiger partial charge on any atom is 0.138 e. The van der Waals surface area contributed by atoms with Crippen molar-refractivity contribution in [2.75, 3.05) is 38.7 Å². The molecule has 2 aromatic carbocycles. The number of methoxy groups -OCH3 is 1. The van der Waals surface area contributed by atoms with Crippen LogP contribution in [-0.4, -0.2) is 50.1 Å². The summed E-state index contributed by atoms with van der Waals surface area (Å²) in [6.07, 6.45) is 2.19. The van der Waals surface area contributed by atoms with Gasteiger partial charge in [0.1, 0.15) is 5.84 Å². The number of amidine groups is 1. The SMILES string of the molecule is COCCCC1CN(C2=Nc3ccccc3Nc3ccc(C(C)C)cc32)CCN1. The van der Waals surface area contributed by atoms with Crippen molar-refractivity contribution in [1.29, 1.82) is 0 Å².